The Morgan fingerprint density at radius 2 is 2.22 bits per heavy atom. The van der Waals surface area contributed by atoms with E-state index in [-0.39, 0.29) is 29.9 Å². The van der Waals surface area contributed by atoms with Crippen molar-refractivity contribution in [2.45, 2.75) is 13.8 Å². The van der Waals surface area contributed by atoms with E-state index in [0.717, 1.165) is 0 Å². The first-order valence-electron chi connectivity index (χ1n) is 5.73. The molecule has 0 aliphatic heterocycles. The summed E-state index contributed by atoms with van der Waals surface area (Å²) in [5.41, 5.74) is 5.68. The van der Waals surface area contributed by atoms with E-state index < -0.39 is 0 Å². The van der Waals surface area contributed by atoms with E-state index >= 15 is 0 Å². The molecule has 0 fully saturated rings. The minimum Gasteiger partial charge on any atom is -0.382 e. The van der Waals surface area contributed by atoms with Crippen LogP contribution < -0.4 is 11.1 Å². The lowest BCUT2D eigenvalue weighted by Crippen LogP contribution is -2.39. The van der Waals surface area contributed by atoms with Crippen molar-refractivity contribution in [1.82, 2.24) is 20.4 Å². The number of hydrogen-bond donors (Lipinski definition) is 3. The fraction of sp³-hybridized carbons (Fsp3) is 0.545. The second kappa shape index (κ2) is 6.04. The largest absolute Gasteiger partial charge is 0.382 e. The highest BCUT2D eigenvalue weighted by Crippen LogP contribution is 2.03. The van der Waals surface area contributed by atoms with E-state index in [4.69, 9.17) is 5.73 Å². The number of likely N-dealkylation sites (N-methyl/N-ethyl adjacent to an activating group) is 1. The molecule has 7 heteroatoms. The number of carbonyl (C=O) groups is 2. The number of aromatic amines is 1. The Hall–Kier alpha value is -2.05. The number of rotatable bonds is 5. The van der Waals surface area contributed by atoms with Gasteiger partial charge in [0.1, 0.15) is 11.5 Å². The van der Waals surface area contributed by atoms with Crippen molar-refractivity contribution < 1.29 is 9.59 Å². The number of nitrogen functional groups attached to an aromatic ring is 1. The predicted molar refractivity (Wildman–Crippen MR) is 67.8 cm³/mol. The number of nitrogens with zero attached hydrogens (tertiary/aromatic N) is 2. The summed E-state index contributed by atoms with van der Waals surface area (Å²) in [7, 11) is 1.55. The SMILES string of the molecule is CC(C)CNC(=O)CN(C)C(=O)c1cc(N)n[nH]1. The van der Waals surface area contributed by atoms with Crippen LogP contribution in [0.1, 0.15) is 24.3 Å². The van der Waals surface area contributed by atoms with Gasteiger partial charge in [0.05, 0.1) is 6.54 Å². The van der Waals surface area contributed by atoms with Gasteiger partial charge >= 0.3 is 0 Å². The topological polar surface area (TPSA) is 104 Å². The second-order valence-electron chi connectivity index (χ2n) is 4.57. The number of H-pyrrole nitrogens is 1. The van der Waals surface area contributed by atoms with Crippen LogP contribution in [0.25, 0.3) is 0 Å². The first kappa shape index (κ1) is 14.0. The summed E-state index contributed by atoms with van der Waals surface area (Å²) in [4.78, 5) is 24.7. The van der Waals surface area contributed by atoms with E-state index in [0.29, 0.717) is 12.5 Å². The summed E-state index contributed by atoms with van der Waals surface area (Å²) in [5, 5.41) is 8.92. The highest BCUT2D eigenvalue weighted by molar-refractivity contribution is 5.95. The molecule has 2 amide bonds. The Balaban J connectivity index is 2.47. The zero-order valence-corrected chi connectivity index (χ0v) is 10.9. The summed E-state index contributed by atoms with van der Waals surface area (Å²) in [5.74, 6) is 0.115. The van der Waals surface area contributed by atoms with E-state index in [1.807, 2.05) is 13.8 Å². The third-order valence-corrected chi connectivity index (χ3v) is 2.26. The lowest BCUT2D eigenvalue weighted by molar-refractivity contribution is -0.121. The van der Waals surface area contributed by atoms with Crippen molar-refractivity contribution in [2.75, 3.05) is 25.9 Å². The van der Waals surface area contributed by atoms with Crippen LogP contribution in [0.2, 0.25) is 0 Å². The fourth-order valence-electron chi connectivity index (χ4n) is 1.31. The first-order chi connectivity index (χ1) is 8.40. The predicted octanol–water partition coefficient (Wildman–Crippen LogP) is -0.164. The van der Waals surface area contributed by atoms with Gasteiger partial charge in [0, 0.05) is 19.7 Å². The van der Waals surface area contributed by atoms with Crippen LogP contribution in [0.3, 0.4) is 0 Å². The molecule has 18 heavy (non-hydrogen) atoms. The lowest BCUT2D eigenvalue weighted by Gasteiger charge is -2.16. The van der Waals surface area contributed by atoms with Crippen molar-refractivity contribution in [1.29, 1.82) is 0 Å². The monoisotopic (exact) mass is 253 g/mol. The summed E-state index contributed by atoms with van der Waals surface area (Å²) < 4.78 is 0. The number of nitrogens with two attached hydrogens (primary N) is 1. The average molecular weight is 253 g/mol. The number of aromatic nitrogens is 2. The van der Waals surface area contributed by atoms with Gasteiger partial charge in [0.15, 0.2) is 0 Å². The van der Waals surface area contributed by atoms with E-state index in [9.17, 15) is 9.59 Å². The van der Waals surface area contributed by atoms with Crippen LogP contribution in [0.4, 0.5) is 5.82 Å². The zero-order valence-electron chi connectivity index (χ0n) is 10.9. The zero-order chi connectivity index (χ0) is 13.7. The Kier molecular flexibility index (Phi) is 4.70. The van der Waals surface area contributed by atoms with Gasteiger partial charge in [-0.25, -0.2) is 0 Å². The number of amides is 2. The van der Waals surface area contributed by atoms with Gasteiger partial charge in [0.2, 0.25) is 5.91 Å². The van der Waals surface area contributed by atoms with Gasteiger partial charge in [-0.2, -0.15) is 5.10 Å². The molecule has 7 nitrogen and oxygen atoms in total. The van der Waals surface area contributed by atoms with Gasteiger partial charge in [-0.1, -0.05) is 13.8 Å². The normalized spacial score (nSPS) is 10.4. The van der Waals surface area contributed by atoms with Crippen molar-refractivity contribution in [3.8, 4) is 0 Å². The van der Waals surface area contributed by atoms with E-state index in [2.05, 4.69) is 15.5 Å². The molecule has 0 saturated carbocycles. The molecule has 0 radical (unpaired) electrons. The summed E-state index contributed by atoms with van der Waals surface area (Å²) in [6.07, 6.45) is 0. The maximum Gasteiger partial charge on any atom is 0.272 e. The third-order valence-electron chi connectivity index (χ3n) is 2.26. The van der Waals surface area contributed by atoms with Crippen LogP contribution in [0.5, 0.6) is 0 Å². The van der Waals surface area contributed by atoms with E-state index in [1.165, 1.54) is 11.0 Å². The second-order valence-corrected chi connectivity index (χ2v) is 4.57. The molecule has 1 aromatic rings. The average Bonchev–Trinajstić information content (AvgIpc) is 2.72. The van der Waals surface area contributed by atoms with Crippen molar-refractivity contribution >= 4 is 17.6 Å². The smallest absolute Gasteiger partial charge is 0.272 e. The van der Waals surface area contributed by atoms with Crippen LogP contribution in [-0.2, 0) is 4.79 Å². The summed E-state index contributed by atoms with van der Waals surface area (Å²) >= 11 is 0. The maximum atomic E-state index is 11.9. The molecule has 0 aliphatic rings. The molecule has 100 valence electrons. The van der Waals surface area contributed by atoms with Crippen molar-refractivity contribution in [3.63, 3.8) is 0 Å². The van der Waals surface area contributed by atoms with Crippen LogP contribution in [0, 0.1) is 5.92 Å². The molecule has 0 aliphatic carbocycles. The Morgan fingerprint density at radius 3 is 2.72 bits per heavy atom. The Labute approximate surface area is 106 Å². The van der Waals surface area contributed by atoms with Crippen LogP contribution in [0.15, 0.2) is 6.07 Å². The summed E-state index contributed by atoms with van der Waals surface area (Å²) in [6, 6.07) is 1.44. The van der Waals surface area contributed by atoms with Crippen molar-refractivity contribution in [3.05, 3.63) is 11.8 Å². The van der Waals surface area contributed by atoms with Crippen LogP contribution >= 0.6 is 0 Å². The molecule has 0 unspecified atom stereocenters. The molecule has 1 rings (SSSR count). The molecular weight excluding hydrogens is 234 g/mol. The Bertz CT molecular complexity index is 427. The van der Waals surface area contributed by atoms with Crippen LogP contribution in [-0.4, -0.2) is 47.0 Å². The number of carbonyl (C=O) groups excluding carboxylic acids is 2. The van der Waals surface area contributed by atoms with Gasteiger partial charge in [0.25, 0.3) is 5.91 Å². The number of anilines is 1. The Morgan fingerprint density at radius 1 is 1.56 bits per heavy atom. The third kappa shape index (κ3) is 4.08. The molecule has 4 N–H and O–H groups in total. The molecule has 1 heterocycles. The molecule has 0 atom stereocenters. The molecule has 1 aromatic heterocycles. The molecule has 0 bridgehead atoms. The standard InChI is InChI=1S/C11H19N5O2/c1-7(2)5-13-10(17)6-16(3)11(18)8-4-9(12)15-14-8/h4,7H,5-6H2,1-3H3,(H,13,17)(H3,12,14,15). The lowest BCUT2D eigenvalue weighted by atomic mass is 10.2. The maximum absolute atomic E-state index is 11.9. The fourth-order valence-corrected chi connectivity index (χ4v) is 1.31. The van der Waals surface area contributed by atoms with E-state index in [1.54, 1.807) is 7.05 Å². The number of hydrogen-bond acceptors (Lipinski definition) is 4. The first-order valence-corrected chi connectivity index (χ1v) is 5.73. The van der Waals surface area contributed by atoms with Gasteiger partial charge < -0.3 is 16.0 Å². The molecular formula is C11H19N5O2. The quantitative estimate of drug-likeness (QED) is 0.678. The van der Waals surface area contributed by atoms with Crippen molar-refractivity contribution in [2.24, 2.45) is 5.92 Å². The molecule has 0 spiro atoms. The van der Waals surface area contributed by atoms with Gasteiger partial charge in [-0.15, -0.1) is 0 Å². The minimum absolute atomic E-state index is 0.00444. The molecule has 0 aromatic carbocycles. The molecule has 0 saturated heterocycles. The highest BCUT2D eigenvalue weighted by atomic mass is 16.2. The van der Waals surface area contributed by atoms with Gasteiger partial charge in [-0.05, 0) is 5.92 Å². The minimum atomic E-state index is -0.320. The highest BCUT2D eigenvalue weighted by Gasteiger charge is 2.16. The summed E-state index contributed by atoms with van der Waals surface area (Å²) in [6.45, 7) is 4.60. The van der Waals surface area contributed by atoms with Gasteiger partial charge in [-0.3, -0.25) is 14.7 Å². The number of nitrogens with one attached hydrogen (secondary N) is 2.